The van der Waals surface area contributed by atoms with E-state index in [1.54, 1.807) is 37.9 Å². The topological polar surface area (TPSA) is 66.0 Å². The van der Waals surface area contributed by atoms with Crippen LogP contribution in [-0.4, -0.2) is 76.2 Å². The third kappa shape index (κ3) is 7.44. The number of guanidine groups is 1. The Bertz CT molecular complexity index is 384. The average Bonchev–Trinajstić information content (AvgIpc) is 2.50. The lowest BCUT2D eigenvalue weighted by Crippen LogP contribution is -2.47. The Kier molecular flexibility index (Phi) is 9.40. The molecule has 0 atom stereocenters. The zero-order valence-corrected chi connectivity index (χ0v) is 15.8. The maximum absolute atomic E-state index is 11.7. The second kappa shape index (κ2) is 10.8. The first-order chi connectivity index (χ1) is 11.0. The van der Waals surface area contributed by atoms with Crippen LogP contribution in [0, 0.1) is 5.41 Å². The summed E-state index contributed by atoms with van der Waals surface area (Å²) in [5.41, 5.74) is 0.323. The summed E-state index contributed by atoms with van der Waals surface area (Å²) in [6.45, 7) is 2.70. The van der Waals surface area contributed by atoms with Crippen LogP contribution >= 0.6 is 11.8 Å². The summed E-state index contributed by atoms with van der Waals surface area (Å²) in [7, 11) is 5.25. The molecule has 6 nitrogen and oxygen atoms in total. The zero-order chi connectivity index (χ0) is 17.1. The molecule has 1 aliphatic carbocycles. The molecular formula is C16H32N4O2S. The molecule has 1 fully saturated rings. The van der Waals surface area contributed by atoms with Gasteiger partial charge in [0.1, 0.15) is 6.54 Å². The van der Waals surface area contributed by atoms with E-state index in [9.17, 15) is 4.79 Å². The molecule has 23 heavy (non-hydrogen) atoms. The number of aliphatic imine (C=N–C) groups is 1. The third-order valence-corrected chi connectivity index (χ3v) is 4.96. The molecule has 0 heterocycles. The molecule has 0 aromatic rings. The van der Waals surface area contributed by atoms with Crippen molar-refractivity contribution in [1.82, 2.24) is 15.5 Å². The highest BCUT2D eigenvalue weighted by molar-refractivity contribution is 7.98. The summed E-state index contributed by atoms with van der Waals surface area (Å²) in [5, 5.41) is 6.74. The number of hydrogen-bond acceptors (Lipinski definition) is 4. The van der Waals surface area contributed by atoms with Crippen LogP contribution in [0.4, 0.5) is 0 Å². The highest BCUT2D eigenvalue weighted by Gasteiger charge is 2.36. The van der Waals surface area contributed by atoms with Crippen molar-refractivity contribution in [3.05, 3.63) is 0 Å². The molecule has 1 rings (SSSR count). The SMILES string of the molecule is COCCC1(CNC(=NCC(=O)N(C)C)NCCSC)CCC1. The number of hydrogen-bond donors (Lipinski definition) is 2. The van der Waals surface area contributed by atoms with Gasteiger partial charge in [0.15, 0.2) is 5.96 Å². The molecule has 0 aromatic heterocycles. The van der Waals surface area contributed by atoms with Gasteiger partial charge in [0.25, 0.3) is 0 Å². The van der Waals surface area contributed by atoms with Gasteiger partial charge in [-0.25, -0.2) is 4.99 Å². The van der Waals surface area contributed by atoms with Gasteiger partial charge >= 0.3 is 0 Å². The van der Waals surface area contributed by atoms with E-state index in [2.05, 4.69) is 21.9 Å². The number of amides is 1. The maximum Gasteiger partial charge on any atom is 0.243 e. The predicted molar refractivity (Wildman–Crippen MR) is 98.2 cm³/mol. The molecule has 1 saturated carbocycles. The maximum atomic E-state index is 11.7. The van der Waals surface area contributed by atoms with Gasteiger partial charge < -0.3 is 20.3 Å². The highest BCUT2D eigenvalue weighted by Crippen LogP contribution is 2.43. The monoisotopic (exact) mass is 344 g/mol. The van der Waals surface area contributed by atoms with E-state index in [4.69, 9.17) is 4.74 Å². The Balaban J connectivity index is 2.53. The van der Waals surface area contributed by atoms with Crippen LogP contribution in [0.25, 0.3) is 0 Å². The minimum atomic E-state index is 0.00806. The van der Waals surface area contributed by atoms with Crippen LogP contribution < -0.4 is 10.6 Å². The molecule has 1 amide bonds. The molecule has 7 heteroatoms. The van der Waals surface area contributed by atoms with Crippen LogP contribution in [0.5, 0.6) is 0 Å². The second-order valence-electron chi connectivity index (χ2n) is 6.32. The van der Waals surface area contributed by atoms with Crippen LogP contribution in [0.3, 0.4) is 0 Å². The summed E-state index contributed by atoms with van der Waals surface area (Å²) in [4.78, 5) is 17.7. The molecule has 0 radical (unpaired) electrons. The fraction of sp³-hybridized carbons (Fsp3) is 0.875. The van der Waals surface area contributed by atoms with E-state index in [1.807, 2.05) is 0 Å². The summed E-state index contributed by atoms with van der Waals surface area (Å²) >= 11 is 1.79. The molecular weight excluding hydrogens is 312 g/mol. The number of ether oxygens (including phenoxy) is 1. The van der Waals surface area contributed by atoms with Gasteiger partial charge in [-0.15, -0.1) is 0 Å². The first kappa shape index (κ1) is 20.1. The van der Waals surface area contributed by atoms with Crippen LogP contribution in [0.1, 0.15) is 25.7 Å². The van der Waals surface area contributed by atoms with Gasteiger partial charge in [0.2, 0.25) is 5.91 Å². The molecule has 0 saturated heterocycles. The van der Waals surface area contributed by atoms with Gasteiger partial charge in [-0.05, 0) is 30.9 Å². The Morgan fingerprint density at radius 2 is 2.09 bits per heavy atom. The third-order valence-electron chi connectivity index (χ3n) is 4.35. The normalized spacial score (nSPS) is 16.6. The smallest absolute Gasteiger partial charge is 0.243 e. The quantitative estimate of drug-likeness (QED) is 0.354. The first-order valence-corrected chi connectivity index (χ1v) is 9.62. The minimum Gasteiger partial charge on any atom is -0.385 e. The molecule has 2 N–H and O–H groups in total. The fourth-order valence-corrected chi connectivity index (χ4v) is 2.82. The molecule has 134 valence electrons. The van der Waals surface area contributed by atoms with Crippen LogP contribution in [0.15, 0.2) is 4.99 Å². The average molecular weight is 345 g/mol. The number of rotatable bonds is 10. The number of likely N-dealkylation sites (N-methyl/N-ethyl adjacent to an activating group) is 1. The Labute approximate surface area is 144 Å². The molecule has 0 bridgehead atoms. The van der Waals surface area contributed by atoms with Crippen LogP contribution in [0.2, 0.25) is 0 Å². The van der Waals surface area contributed by atoms with Crippen molar-refractivity contribution in [3.63, 3.8) is 0 Å². The zero-order valence-electron chi connectivity index (χ0n) is 15.0. The van der Waals surface area contributed by atoms with Crippen molar-refractivity contribution < 1.29 is 9.53 Å². The van der Waals surface area contributed by atoms with E-state index < -0.39 is 0 Å². The number of carbonyl (C=O) groups excluding carboxylic acids is 1. The van der Waals surface area contributed by atoms with Crippen LogP contribution in [-0.2, 0) is 9.53 Å². The first-order valence-electron chi connectivity index (χ1n) is 8.23. The van der Waals surface area contributed by atoms with E-state index in [1.165, 1.54) is 19.3 Å². The summed E-state index contributed by atoms with van der Waals surface area (Å²) < 4.78 is 5.24. The molecule has 1 aliphatic rings. The second-order valence-corrected chi connectivity index (χ2v) is 7.31. The Hall–Kier alpha value is -0.950. The van der Waals surface area contributed by atoms with Gasteiger partial charge in [-0.1, -0.05) is 6.42 Å². The lowest BCUT2D eigenvalue weighted by atomic mass is 9.67. The van der Waals surface area contributed by atoms with E-state index in [-0.39, 0.29) is 12.5 Å². The van der Waals surface area contributed by atoms with E-state index >= 15 is 0 Å². The van der Waals surface area contributed by atoms with Crippen molar-refractivity contribution in [2.24, 2.45) is 10.4 Å². The van der Waals surface area contributed by atoms with Crippen molar-refractivity contribution in [1.29, 1.82) is 0 Å². The van der Waals surface area contributed by atoms with Crippen molar-refractivity contribution in [2.45, 2.75) is 25.7 Å². The van der Waals surface area contributed by atoms with Crippen molar-refractivity contribution in [2.75, 3.05) is 59.5 Å². The summed E-state index contributed by atoms with van der Waals surface area (Å²) in [6.07, 6.45) is 6.91. The fourth-order valence-electron chi connectivity index (χ4n) is 2.52. The molecule has 0 spiro atoms. The molecule has 0 unspecified atom stereocenters. The number of carbonyl (C=O) groups is 1. The van der Waals surface area contributed by atoms with E-state index in [0.29, 0.717) is 5.41 Å². The number of nitrogens with one attached hydrogen (secondary N) is 2. The number of thioether (sulfide) groups is 1. The largest absolute Gasteiger partial charge is 0.385 e. The Morgan fingerprint density at radius 1 is 1.35 bits per heavy atom. The van der Waals surface area contributed by atoms with Gasteiger partial charge in [-0.3, -0.25) is 4.79 Å². The van der Waals surface area contributed by atoms with Crippen molar-refractivity contribution >= 4 is 23.6 Å². The van der Waals surface area contributed by atoms with Gasteiger partial charge in [0, 0.05) is 46.7 Å². The predicted octanol–water partition coefficient (Wildman–Crippen LogP) is 1.18. The van der Waals surface area contributed by atoms with Crippen molar-refractivity contribution in [3.8, 4) is 0 Å². The standard InChI is InChI=1S/C16H32N4O2S/c1-20(2)14(21)12-18-15(17-9-11-23-4)19-13-16(6-5-7-16)8-10-22-3/h5-13H2,1-4H3,(H2,17,18,19). The lowest BCUT2D eigenvalue weighted by molar-refractivity contribution is -0.127. The molecule has 0 aromatic carbocycles. The number of methoxy groups -OCH3 is 1. The summed E-state index contributed by atoms with van der Waals surface area (Å²) in [6, 6.07) is 0. The molecule has 0 aliphatic heterocycles. The minimum absolute atomic E-state index is 0.00806. The Morgan fingerprint density at radius 3 is 2.61 bits per heavy atom. The van der Waals surface area contributed by atoms with E-state index in [0.717, 1.165) is 37.8 Å². The van der Waals surface area contributed by atoms with Gasteiger partial charge in [0.05, 0.1) is 0 Å². The van der Waals surface area contributed by atoms with Gasteiger partial charge in [-0.2, -0.15) is 11.8 Å². The lowest BCUT2D eigenvalue weighted by Gasteiger charge is -2.42. The number of nitrogens with zero attached hydrogens (tertiary/aromatic N) is 2. The summed E-state index contributed by atoms with van der Waals surface area (Å²) in [5.74, 6) is 1.75. The highest BCUT2D eigenvalue weighted by atomic mass is 32.2.